The highest BCUT2D eigenvalue weighted by Crippen LogP contribution is 2.41. The summed E-state index contributed by atoms with van der Waals surface area (Å²) < 4.78 is 36.9. The van der Waals surface area contributed by atoms with Crippen molar-refractivity contribution in [2.24, 2.45) is 0 Å². The second kappa shape index (κ2) is 10.4. The van der Waals surface area contributed by atoms with Crippen molar-refractivity contribution in [3.63, 3.8) is 0 Å². The van der Waals surface area contributed by atoms with Crippen molar-refractivity contribution >= 4 is 28.1 Å². The molecule has 2 saturated heterocycles. The van der Waals surface area contributed by atoms with Crippen molar-refractivity contribution in [2.45, 2.75) is 43.9 Å². The van der Waals surface area contributed by atoms with Crippen molar-refractivity contribution in [2.75, 3.05) is 52.2 Å². The van der Waals surface area contributed by atoms with E-state index in [0.717, 1.165) is 53.6 Å². The SMILES string of the molecule is COCOc1cc(N2CCc3c(nc(OC[C@@]45CCCN4C[C@H](F)C5)nc3OC)C2)c2c(Cl)cccc2c1. The molecule has 2 fully saturated rings. The molecule has 202 valence electrons. The van der Waals surface area contributed by atoms with E-state index in [2.05, 4.69) is 14.8 Å². The zero-order chi connectivity index (χ0) is 26.3. The molecule has 2 atom stereocenters. The number of fused-ring (bicyclic) bond motifs is 3. The first kappa shape index (κ1) is 25.4. The van der Waals surface area contributed by atoms with Crippen LogP contribution in [0.1, 0.15) is 30.5 Å². The van der Waals surface area contributed by atoms with E-state index in [1.807, 2.05) is 30.3 Å². The third kappa shape index (κ3) is 4.61. The number of hydrogen-bond donors (Lipinski definition) is 0. The minimum absolute atomic E-state index is 0.154. The number of aromatic nitrogens is 2. The normalized spacial score (nSPS) is 22.9. The highest BCUT2D eigenvalue weighted by molar-refractivity contribution is 6.36. The van der Waals surface area contributed by atoms with Crippen molar-refractivity contribution in [1.82, 2.24) is 14.9 Å². The molecule has 1 aromatic heterocycles. The lowest BCUT2D eigenvalue weighted by Gasteiger charge is -2.33. The molecule has 0 bridgehead atoms. The first-order chi connectivity index (χ1) is 18.5. The Bertz CT molecular complexity index is 1340. The van der Waals surface area contributed by atoms with Crippen LogP contribution >= 0.6 is 11.6 Å². The molecule has 2 aromatic carbocycles. The molecule has 4 heterocycles. The van der Waals surface area contributed by atoms with Gasteiger partial charge in [0.05, 0.1) is 35.6 Å². The zero-order valence-electron chi connectivity index (χ0n) is 21.7. The first-order valence-corrected chi connectivity index (χ1v) is 13.4. The van der Waals surface area contributed by atoms with E-state index in [-0.39, 0.29) is 18.3 Å². The van der Waals surface area contributed by atoms with Gasteiger partial charge in [0.25, 0.3) is 0 Å². The molecule has 0 radical (unpaired) electrons. The fourth-order valence-corrected chi connectivity index (χ4v) is 6.53. The third-order valence-corrected chi connectivity index (χ3v) is 8.31. The van der Waals surface area contributed by atoms with Crippen molar-refractivity contribution in [1.29, 1.82) is 0 Å². The van der Waals surface area contributed by atoms with Crippen molar-refractivity contribution < 1.29 is 23.3 Å². The highest BCUT2D eigenvalue weighted by atomic mass is 35.5. The summed E-state index contributed by atoms with van der Waals surface area (Å²) in [4.78, 5) is 13.8. The van der Waals surface area contributed by atoms with Gasteiger partial charge in [-0.15, -0.1) is 0 Å². The summed E-state index contributed by atoms with van der Waals surface area (Å²) in [7, 11) is 3.21. The molecule has 3 aliphatic heterocycles. The van der Waals surface area contributed by atoms with Gasteiger partial charge < -0.3 is 23.8 Å². The fraction of sp³-hybridized carbons (Fsp3) is 0.500. The number of alkyl halides is 1. The Labute approximate surface area is 226 Å². The van der Waals surface area contributed by atoms with Gasteiger partial charge in [-0.25, -0.2) is 4.39 Å². The minimum atomic E-state index is -0.809. The van der Waals surface area contributed by atoms with E-state index >= 15 is 0 Å². The van der Waals surface area contributed by atoms with E-state index in [9.17, 15) is 4.39 Å². The van der Waals surface area contributed by atoms with Crippen LogP contribution in [0.25, 0.3) is 10.8 Å². The molecule has 3 aromatic rings. The number of ether oxygens (including phenoxy) is 4. The van der Waals surface area contributed by atoms with Crippen LogP contribution < -0.4 is 19.1 Å². The molecule has 6 rings (SSSR count). The summed E-state index contributed by atoms with van der Waals surface area (Å²) in [6.45, 7) is 3.19. The molecule has 8 nitrogen and oxygen atoms in total. The molecule has 3 aliphatic rings. The van der Waals surface area contributed by atoms with Gasteiger partial charge in [-0.1, -0.05) is 23.7 Å². The topological polar surface area (TPSA) is 69.2 Å². The Balaban J connectivity index is 1.30. The number of nitrogens with zero attached hydrogens (tertiary/aromatic N) is 4. The fourth-order valence-electron chi connectivity index (χ4n) is 6.25. The maximum atomic E-state index is 14.2. The van der Waals surface area contributed by atoms with E-state index < -0.39 is 6.17 Å². The molecular formula is C28H32ClFN4O4. The molecular weight excluding hydrogens is 511 g/mol. The van der Waals surface area contributed by atoms with Gasteiger partial charge in [0.15, 0.2) is 6.79 Å². The number of halogens is 2. The van der Waals surface area contributed by atoms with Gasteiger partial charge in [-0.3, -0.25) is 4.90 Å². The summed E-state index contributed by atoms with van der Waals surface area (Å²) in [5, 5.41) is 2.62. The van der Waals surface area contributed by atoms with Crippen LogP contribution in [0.15, 0.2) is 30.3 Å². The summed E-state index contributed by atoms with van der Waals surface area (Å²) in [6.07, 6.45) is 2.38. The molecule has 38 heavy (non-hydrogen) atoms. The highest BCUT2D eigenvalue weighted by Gasteiger charge is 2.49. The summed E-state index contributed by atoms with van der Waals surface area (Å²) in [5.41, 5.74) is 2.52. The van der Waals surface area contributed by atoms with E-state index in [1.165, 1.54) is 0 Å². The van der Waals surface area contributed by atoms with Crippen LogP contribution in [-0.4, -0.2) is 73.8 Å². The third-order valence-electron chi connectivity index (χ3n) is 7.99. The van der Waals surface area contributed by atoms with Crippen LogP contribution in [0.5, 0.6) is 17.6 Å². The van der Waals surface area contributed by atoms with Crippen molar-refractivity contribution in [3.8, 4) is 17.6 Å². The average Bonchev–Trinajstić information content (AvgIpc) is 3.45. The standard InChI is InChI=1S/C28H32ClFN4O4/c1-35-17-38-20-11-18-5-3-6-22(29)25(18)24(12-20)33-10-7-21-23(15-33)31-27(32-26(21)36-2)37-16-28-8-4-9-34(28)14-19(30)13-28/h3,5-6,11-12,19H,4,7-10,13-17H2,1-2H3/t19-,28+/m1/s1. The van der Waals surface area contributed by atoms with Gasteiger partial charge in [0.2, 0.25) is 5.88 Å². The Morgan fingerprint density at radius 3 is 2.89 bits per heavy atom. The summed E-state index contributed by atoms with van der Waals surface area (Å²) in [6, 6.07) is 10.1. The Morgan fingerprint density at radius 1 is 1.16 bits per heavy atom. The molecule has 0 unspecified atom stereocenters. The lowest BCUT2D eigenvalue weighted by molar-refractivity contribution is 0.0512. The Kier molecular flexibility index (Phi) is 6.92. The van der Waals surface area contributed by atoms with Crippen LogP contribution in [-0.2, 0) is 17.7 Å². The number of hydrogen-bond acceptors (Lipinski definition) is 8. The van der Waals surface area contributed by atoms with Crippen LogP contribution in [0.3, 0.4) is 0 Å². The molecule has 0 saturated carbocycles. The van der Waals surface area contributed by atoms with Gasteiger partial charge in [0.1, 0.15) is 18.5 Å². The monoisotopic (exact) mass is 542 g/mol. The van der Waals surface area contributed by atoms with E-state index in [1.54, 1.807) is 14.2 Å². The largest absolute Gasteiger partial charge is 0.481 e. The van der Waals surface area contributed by atoms with E-state index in [4.69, 9.17) is 35.5 Å². The summed E-state index contributed by atoms with van der Waals surface area (Å²) >= 11 is 6.68. The predicted molar refractivity (Wildman–Crippen MR) is 143 cm³/mol. The minimum Gasteiger partial charge on any atom is -0.481 e. The zero-order valence-corrected chi connectivity index (χ0v) is 22.5. The second-order valence-electron chi connectivity index (χ2n) is 10.3. The molecule has 0 N–H and O–H groups in total. The lowest BCUT2D eigenvalue weighted by Crippen LogP contribution is -2.43. The molecule has 0 spiro atoms. The van der Waals surface area contributed by atoms with Crippen LogP contribution in [0.2, 0.25) is 5.02 Å². The maximum Gasteiger partial charge on any atom is 0.320 e. The molecule has 0 amide bonds. The van der Waals surface area contributed by atoms with Gasteiger partial charge >= 0.3 is 6.01 Å². The second-order valence-corrected chi connectivity index (χ2v) is 10.7. The predicted octanol–water partition coefficient (Wildman–Crippen LogP) is 4.79. The molecule has 0 aliphatic carbocycles. The lowest BCUT2D eigenvalue weighted by atomic mass is 9.95. The smallest absolute Gasteiger partial charge is 0.320 e. The maximum absolute atomic E-state index is 14.2. The van der Waals surface area contributed by atoms with Gasteiger partial charge in [0, 0.05) is 43.6 Å². The van der Waals surface area contributed by atoms with Gasteiger partial charge in [-0.2, -0.15) is 9.97 Å². The number of benzene rings is 2. The number of anilines is 1. The molecule has 10 heteroatoms. The number of methoxy groups -OCH3 is 2. The summed E-state index contributed by atoms with van der Waals surface area (Å²) in [5.74, 6) is 1.23. The van der Waals surface area contributed by atoms with Gasteiger partial charge in [-0.05, 0) is 43.3 Å². The average molecular weight is 543 g/mol. The van der Waals surface area contributed by atoms with Crippen LogP contribution in [0, 0.1) is 0 Å². The first-order valence-electron chi connectivity index (χ1n) is 13.0. The Morgan fingerprint density at radius 2 is 2.05 bits per heavy atom. The Hall–Kier alpha value is -2.88. The number of rotatable bonds is 8. The van der Waals surface area contributed by atoms with E-state index in [0.29, 0.717) is 49.2 Å². The van der Waals surface area contributed by atoms with Crippen LogP contribution in [0.4, 0.5) is 10.1 Å². The quantitative estimate of drug-likeness (QED) is 0.376. The van der Waals surface area contributed by atoms with Crippen molar-refractivity contribution in [3.05, 3.63) is 46.6 Å².